The lowest BCUT2D eigenvalue weighted by Gasteiger charge is -2.31. The van der Waals surface area contributed by atoms with Gasteiger partial charge in [0.25, 0.3) is 0 Å². The monoisotopic (exact) mass is 336 g/mol. The molecule has 0 amide bonds. The van der Waals surface area contributed by atoms with Gasteiger partial charge in [-0.2, -0.15) is 0 Å². The molecule has 1 aromatic rings. The van der Waals surface area contributed by atoms with Crippen molar-refractivity contribution in [3.05, 3.63) is 34.6 Å². The van der Waals surface area contributed by atoms with Crippen LogP contribution in [0.5, 0.6) is 0 Å². The molecular weight excluding hydrogens is 307 g/mol. The van der Waals surface area contributed by atoms with Gasteiger partial charge in [-0.15, -0.1) is 0 Å². The fourth-order valence-electron chi connectivity index (χ4n) is 4.64. The van der Waals surface area contributed by atoms with Gasteiger partial charge in [-0.05, 0) is 67.1 Å². The van der Waals surface area contributed by atoms with Crippen molar-refractivity contribution in [2.24, 2.45) is 17.8 Å². The molecule has 3 rings (SSSR count). The maximum Gasteiger partial charge on any atom is 0.142 e. The van der Waals surface area contributed by atoms with Crippen LogP contribution in [0.4, 0.5) is 4.39 Å². The molecule has 2 heteroatoms. The van der Waals surface area contributed by atoms with E-state index in [-0.39, 0.29) is 10.8 Å². The number of benzene rings is 1. The van der Waals surface area contributed by atoms with E-state index in [4.69, 9.17) is 11.6 Å². The van der Waals surface area contributed by atoms with E-state index in [0.717, 1.165) is 23.3 Å². The van der Waals surface area contributed by atoms with Crippen LogP contribution >= 0.6 is 11.6 Å². The van der Waals surface area contributed by atoms with Gasteiger partial charge in [-0.3, -0.25) is 0 Å². The normalized spacial score (nSPS) is 32.0. The fourth-order valence-corrected chi connectivity index (χ4v) is 4.76. The number of hydrogen-bond donors (Lipinski definition) is 0. The highest BCUT2D eigenvalue weighted by Crippen LogP contribution is 2.40. The second-order valence-corrected chi connectivity index (χ2v) is 8.50. The van der Waals surface area contributed by atoms with Crippen LogP contribution < -0.4 is 0 Å². The summed E-state index contributed by atoms with van der Waals surface area (Å²) in [6, 6.07) is 5.37. The summed E-state index contributed by atoms with van der Waals surface area (Å²) in [5.41, 5.74) is 1.15. The smallest absolute Gasteiger partial charge is 0.142 e. The van der Waals surface area contributed by atoms with Crippen molar-refractivity contribution in [1.82, 2.24) is 0 Å². The van der Waals surface area contributed by atoms with E-state index in [1.165, 1.54) is 64.2 Å². The summed E-state index contributed by atoms with van der Waals surface area (Å²) in [6.07, 6.45) is 13.7. The summed E-state index contributed by atoms with van der Waals surface area (Å²) in [6.45, 7) is 2.40. The van der Waals surface area contributed by atoms with Crippen LogP contribution in [0.2, 0.25) is 5.02 Å². The first-order valence-electron chi connectivity index (χ1n) is 9.56. The van der Waals surface area contributed by atoms with Gasteiger partial charge >= 0.3 is 0 Å². The molecule has 0 bridgehead atoms. The Labute approximate surface area is 145 Å². The first-order chi connectivity index (χ1) is 11.1. The van der Waals surface area contributed by atoms with Crippen LogP contribution in [0, 0.1) is 23.6 Å². The quantitative estimate of drug-likeness (QED) is 0.538. The first-order valence-corrected chi connectivity index (χ1v) is 9.94. The predicted molar refractivity (Wildman–Crippen MR) is 96.5 cm³/mol. The number of hydrogen-bond acceptors (Lipinski definition) is 0. The van der Waals surface area contributed by atoms with E-state index < -0.39 is 0 Å². The van der Waals surface area contributed by atoms with E-state index in [1.54, 1.807) is 12.1 Å². The topological polar surface area (TPSA) is 0 Å². The average Bonchev–Trinajstić information content (AvgIpc) is 2.57. The molecule has 0 unspecified atom stereocenters. The molecule has 0 atom stereocenters. The van der Waals surface area contributed by atoms with E-state index in [1.807, 2.05) is 6.07 Å². The fraction of sp³-hybridized carbons (Fsp3) is 0.714. The molecule has 2 aliphatic rings. The lowest BCUT2D eigenvalue weighted by Crippen LogP contribution is -2.17. The second kappa shape index (κ2) is 8.01. The van der Waals surface area contributed by atoms with Crippen LogP contribution in [-0.4, -0.2) is 0 Å². The Morgan fingerprint density at radius 1 is 0.913 bits per heavy atom. The molecule has 128 valence electrons. The van der Waals surface area contributed by atoms with Crippen LogP contribution in [0.15, 0.2) is 18.2 Å². The van der Waals surface area contributed by atoms with Crippen LogP contribution in [0.1, 0.15) is 82.6 Å². The minimum atomic E-state index is -0.266. The highest BCUT2D eigenvalue weighted by Gasteiger charge is 2.24. The molecule has 0 spiro atoms. The Hall–Kier alpha value is -0.560. The van der Waals surface area contributed by atoms with Crippen LogP contribution in [-0.2, 0) is 0 Å². The van der Waals surface area contributed by atoms with Crippen molar-refractivity contribution in [2.45, 2.75) is 77.0 Å². The minimum absolute atomic E-state index is 0.240. The van der Waals surface area contributed by atoms with E-state index in [2.05, 4.69) is 6.92 Å². The highest BCUT2D eigenvalue weighted by atomic mass is 35.5. The molecule has 2 saturated carbocycles. The predicted octanol–water partition coefficient (Wildman–Crippen LogP) is 7.36. The van der Waals surface area contributed by atoms with Crippen molar-refractivity contribution < 1.29 is 4.39 Å². The lowest BCUT2D eigenvalue weighted by molar-refractivity contribution is 0.237. The Balaban J connectivity index is 1.42. The standard InChI is InChI=1S/C21H30ClF/c1-15-2-4-16(5-3-15)6-7-17-8-10-18(11-9-17)19-12-13-20(22)21(23)14-19/h12-18H,2-11H2,1H3. The summed E-state index contributed by atoms with van der Waals surface area (Å²) >= 11 is 5.79. The third kappa shape index (κ3) is 4.72. The molecule has 0 radical (unpaired) electrons. The third-order valence-electron chi connectivity index (χ3n) is 6.38. The molecule has 0 N–H and O–H groups in total. The molecule has 0 nitrogen and oxygen atoms in total. The van der Waals surface area contributed by atoms with Crippen molar-refractivity contribution in [3.63, 3.8) is 0 Å². The van der Waals surface area contributed by atoms with E-state index in [0.29, 0.717) is 5.92 Å². The zero-order valence-electron chi connectivity index (χ0n) is 14.4. The highest BCUT2D eigenvalue weighted by molar-refractivity contribution is 6.30. The Kier molecular flexibility index (Phi) is 6.01. The maximum absolute atomic E-state index is 13.6. The summed E-state index contributed by atoms with van der Waals surface area (Å²) in [5.74, 6) is 3.13. The minimum Gasteiger partial charge on any atom is -0.205 e. The van der Waals surface area contributed by atoms with Gasteiger partial charge in [-0.25, -0.2) is 4.39 Å². The van der Waals surface area contributed by atoms with E-state index >= 15 is 0 Å². The number of rotatable bonds is 4. The SMILES string of the molecule is CC1CCC(CCC2CCC(c3ccc(Cl)c(F)c3)CC2)CC1. The van der Waals surface area contributed by atoms with Gasteiger partial charge in [0.1, 0.15) is 5.82 Å². The molecular formula is C21H30ClF. The Bertz CT molecular complexity index is 497. The summed E-state index contributed by atoms with van der Waals surface area (Å²) < 4.78 is 13.6. The Morgan fingerprint density at radius 3 is 2.04 bits per heavy atom. The zero-order valence-corrected chi connectivity index (χ0v) is 15.1. The Morgan fingerprint density at radius 2 is 1.48 bits per heavy atom. The van der Waals surface area contributed by atoms with Gasteiger partial charge < -0.3 is 0 Å². The van der Waals surface area contributed by atoms with Gasteiger partial charge in [0.2, 0.25) is 0 Å². The largest absolute Gasteiger partial charge is 0.205 e. The van der Waals surface area contributed by atoms with Gasteiger partial charge in [0.05, 0.1) is 5.02 Å². The van der Waals surface area contributed by atoms with E-state index in [9.17, 15) is 4.39 Å². The van der Waals surface area contributed by atoms with Gasteiger partial charge in [0.15, 0.2) is 0 Å². The van der Waals surface area contributed by atoms with Crippen molar-refractivity contribution in [2.75, 3.05) is 0 Å². The molecule has 0 aromatic heterocycles. The van der Waals surface area contributed by atoms with Crippen LogP contribution in [0.3, 0.4) is 0 Å². The molecule has 0 saturated heterocycles. The molecule has 0 aliphatic heterocycles. The third-order valence-corrected chi connectivity index (χ3v) is 6.69. The lowest BCUT2D eigenvalue weighted by atomic mass is 9.74. The van der Waals surface area contributed by atoms with Gasteiger partial charge in [-0.1, -0.05) is 63.1 Å². The molecule has 2 fully saturated rings. The van der Waals surface area contributed by atoms with Crippen molar-refractivity contribution in [3.8, 4) is 0 Å². The summed E-state index contributed by atoms with van der Waals surface area (Å²) in [7, 11) is 0. The average molecular weight is 337 g/mol. The molecule has 2 aliphatic carbocycles. The summed E-state index contributed by atoms with van der Waals surface area (Å²) in [5, 5.41) is 0.240. The van der Waals surface area contributed by atoms with Gasteiger partial charge in [0, 0.05) is 0 Å². The second-order valence-electron chi connectivity index (χ2n) is 8.09. The number of halogens is 2. The first kappa shape index (κ1) is 17.3. The molecule has 0 heterocycles. The molecule has 23 heavy (non-hydrogen) atoms. The maximum atomic E-state index is 13.6. The van der Waals surface area contributed by atoms with Crippen LogP contribution in [0.25, 0.3) is 0 Å². The zero-order chi connectivity index (χ0) is 16.2. The van der Waals surface area contributed by atoms with Crippen molar-refractivity contribution in [1.29, 1.82) is 0 Å². The molecule has 1 aromatic carbocycles. The van der Waals surface area contributed by atoms with Crippen molar-refractivity contribution >= 4 is 11.6 Å². The summed E-state index contributed by atoms with van der Waals surface area (Å²) in [4.78, 5) is 0.